The van der Waals surface area contributed by atoms with Gasteiger partial charge in [0.1, 0.15) is 0 Å². The molecule has 3 aromatic carbocycles. The van der Waals surface area contributed by atoms with Gasteiger partial charge in [-0.3, -0.25) is 35.1 Å². The number of nitro groups is 3. The molecule has 1 amide bonds. The summed E-state index contributed by atoms with van der Waals surface area (Å²) in [6, 6.07) is 13.2. The smallest absolute Gasteiger partial charge is 0.318 e. The third kappa shape index (κ3) is 6.13. The molecule has 0 fully saturated rings. The van der Waals surface area contributed by atoms with Gasteiger partial charge in [-0.25, -0.2) is 5.43 Å². The van der Waals surface area contributed by atoms with E-state index in [1.54, 1.807) is 6.07 Å². The molecule has 0 spiro atoms. The largest absolute Gasteiger partial charge is 0.493 e. The molecule has 36 heavy (non-hydrogen) atoms. The SMILES string of the molecule is COc1cc(/C=N/NC(=O)Cc2ccccc2[N+](=O)[O-])ccc1Oc1ccc([N+](=O)[O-])cc1[N+](=O)[O-]. The summed E-state index contributed by atoms with van der Waals surface area (Å²) in [6.45, 7) is 0. The number of nitrogens with one attached hydrogen (secondary N) is 1. The summed E-state index contributed by atoms with van der Waals surface area (Å²) in [4.78, 5) is 43.3. The van der Waals surface area contributed by atoms with Crippen LogP contribution in [0.1, 0.15) is 11.1 Å². The molecule has 0 atom stereocenters. The molecule has 0 radical (unpaired) electrons. The minimum Gasteiger partial charge on any atom is -0.493 e. The molecule has 0 aliphatic rings. The highest BCUT2D eigenvalue weighted by molar-refractivity contribution is 5.84. The molecule has 0 saturated heterocycles. The predicted octanol–water partition coefficient (Wildman–Crippen LogP) is 3.90. The zero-order chi connectivity index (χ0) is 26.2. The molecule has 1 N–H and O–H groups in total. The Morgan fingerprint density at radius 1 is 0.889 bits per heavy atom. The van der Waals surface area contributed by atoms with Gasteiger partial charge in [0.2, 0.25) is 11.7 Å². The van der Waals surface area contributed by atoms with E-state index in [-0.39, 0.29) is 34.9 Å². The first-order valence-corrected chi connectivity index (χ1v) is 10.0. The molecule has 0 heterocycles. The number of para-hydroxylation sites is 1. The average molecular weight is 495 g/mol. The summed E-state index contributed by atoms with van der Waals surface area (Å²) in [7, 11) is 1.34. The summed E-state index contributed by atoms with van der Waals surface area (Å²) < 4.78 is 10.8. The number of carbonyl (C=O) groups excluding carboxylic acids is 1. The molecule has 0 aromatic heterocycles. The third-order valence-corrected chi connectivity index (χ3v) is 4.70. The molecule has 14 nitrogen and oxygen atoms in total. The number of non-ortho nitro benzene ring substituents is 1. The first-order valence-electron chi connectivity index (χ1n) is 10.0. The molecule has 0 saturated carbocycles. The van der Waals surface area contributed by atoms with Crippen LogP contribution in [0.4, 0.5) is 17.1 Å². The lowest BCUT2D eigenvalue weighted by Gasteiger charge is -2.11. The molecule has 3 aromatic rings. The van der Waals surface area contributed by atoms with Gasteiger partial charge < -0.3 is 9.47 Å². The van der Waals surface area contributed by atoms with Crippen LogP contribution in [0.5, 0.6) is 17.2 Å². The number of hydrogen-bond acceptors (Lipinski definition) is 10. The number of benzene rings is 3. The number of methoxy groups -OCH3 is 1. The molecule has 0 aliphatic carbocycles. The molecular formula is C22H17N5O9. The van der Waals surface area contributed by atoms with Gasteiger partial charge in [0, 0.05) is 17.7 Å². The quantitative estimate of drug-likeness (QED) is 0.247. The van der Waals surface area contributed by atoms with Crippen LogP contribution in [-0.2, 0) is 11.2 Å². The lowest BCUT2D eigenvalue weighted by Crippen LogP contribution is -2.20. The van der Waals surface area contributed by atoms with Crippen molar-refractivity contribution in [2.24, 2.45) is 5.10 Å². The maximum absolute atomic E-state index is 12.1. The number of hydrazone groups is 1. The fourth-order valence-electron chi connectivity index (χ4n) is 3.05. The second-order valence-corrected chi connectivity index (χ2v) is 7.03. The van der Waals surface area contributed by atoms with E-state index in [1.165, 1.54) is 49.7 Å². The van der Waals surface area contributed by atoms with E-state index >= 15 is 0 Å². The first kappa shape index (κ1) is 25.2. The molecule has 0 aliphatic heterocycles. The second-order valence-electron chi connectivity index (χ2n) is 7.03. The van der Waals surface area contributed by atoms with Crippen LogP contribution in [0.15, 0.2) is 65.8 Å². The van der Waals surface area contributed by atoms with Crippen LogP contribution in [0.2, 0.25) is 0 Å². The zero-order valence-electron chi connectivity index (χ0n) is 18.5. The maximum Gasteiger partial charge on any atom is 0.318 e. The van der Waals surface area contributed by atoms with E-state index in [0.717, 1.165) is 18.2 Å². The Morgan fingerprint density at radius 3 is 2.25 bits per heavy atom. The second kappa shape index (κ2) is 11.1. The van der Waals surface area contributed by atoms with Crippen molar-refractivity contribution in [3.05, 3.63) is 102 Å². The minimum absolute atomic E-state index is 0.0898. The van der Waals surface area contributed by atoms with Crippen molar-refractivity contribution in [3.8, 4) is 17.2 Å². The van der Waals surface area contributed by atoms with Crippen molar-refractivity contribution in [1.82, 2.24) is 5.43 Å². The summed E-state index contributed by atoms with van der Waals surface area (Å²) >= 11 is 0. The molecule has 184 valence electrons. The summed E-state index contributed by atoms with van der Waals surface area (Å²) in [5.74, 6) is -0.546. The van der Waals surface area contributed by atoms with Crippen LogP contribution in [0.3, 0.4) is 0 Å². The zero-order valence-corrected chi connectivity index (χ0v) is 18.5. The fourth-order valence-corrected chi connectivity index (χ4v) is 3.05. The highest BCUT2D eigenvalue weighted by Gasteiger charge is 2.22. The van der Waals surface area contributed by atoms with Gasteiger partial charge in [0.15, 0.2) is 11.5 Å². The standard InChI is InChI=1S/C22H17N5O9/c1-35-21-10-14(13-23-24-22(28)11-15-4-2-3-5-17(15)26(31)32)6-8-20(21)36-19-9-7-16(25(29)30)12-18(19)27(33)34/h2-10,12-13H,11H2,1H3,(H,24,28)/b23-13+. The van der Waals surface area contributed by atoms with Crippen LogP contribution in [-0.4, -0.2) is 34.0 Å². The van der Waals surface area contributed by atoms with Gasteiger partial charge in [-0.2, -0.15) is 5.10 Å². The van der Waals surface area contributed by atoms with Crippen molar-refractivity contribution in [2.45, 2.75) is 6.42 Å². The minimum atomic E-state index is -0.803. The van der Waals surface area contributed by atoms with Gasteiger partial charge in [-0.15, -0.1) is 0 Å². The van der Waals surface area contributed by atoms with Crippen molar-refractivity contribution in [2.75, 3.05) is 7.11 Å². The van der Waals surface area contributed by atoms with E-state index in [1.807, 2.05) is 0 Å². The van der Waals surface area contributed by atoms with E-state index in [4.69, 9.17) is 9.47 Å². The Bertz CT molecular complexity index is 1370. The molecule has 0 unspecified atom stereocenters. The fraction of sp³-hybridized carbons (Fsp3) is 0.0909. The Balaban J connectivity index is 1.72. The van der Waals surface area contributed by atoms with Gasteiger partial charge in [-0.1, -0.05) is 18.2 Å². The van der Waals surface area contributed by atoms with E-state index < -0.39 is 32.1 Å². The van der Waals surface area contributed by atoms with Gasteiger partial charge in [-0.05, 0) is 29.8 Å². The molecule has 3 rings (SSSR count). The van der Waals surface area contributed by atoms with Crippen molar-refractivity contribution >= 4 is 29.2 Å². The Kier molecular flexibility index (Phi) is 7.81. The predicted molar refractivity (Wildman–Crippen MR) is 125 cm³/mol. The lowest BCUT2D eigenvalue weighted by molar-refractivity contribution is -0.394. The lowest BCUT2D eigenvalue weighted by atomic mass is 10.1. The molecule has 14 heteroatoms. The topological polar surface area (TPSA) is 189 Å². The number of amides is 1. The van der Waals surface area contributed by atoms with Gasteiger partial charge in [0.05, 0.1) is 40.6 Å². The number of hydrogen-bond donors (Lipinski definition) is 1. The summed E-state index contributed by atoms with van der Waals surface area (Å²) in [5.41, 5.74) is 1.74. The Labute approximate surface area is 202 Å². The number of ether oxygens (including phenoxy) is 2. The van der Waals surface area contributed by atoms with Crippen molar-refractivity contribution in [1.29, 1.82) is 0 Å². The summed E-state index contributed by atoms with van der Waals surface area (Å²) in [5, 5.41) is 37.1. The number of nitrogens with zero attached hydrogens (tertiary/aromatic N) is 4. The van der Waals surface area contributed by atoms with E-state index in [2.05, 4.69) is 10.5 Å². The number of nitro benzene ring substituents is 3. The highest BCUT2D eigenvalue weighted by atomic mass is 16.6. The van der Waals surface area contributed by atoms with Crippen LogP contribution in [0, 0.1) is 30.3 Å². The maximum atomic E-state index is 12.1. The third-order valence-electron chi connectivity index (χ3n) is 4.70. The molecule has 0 bridgehead atoms. The van der Waals surface area contributed by atoms with Gasteiger partial charge in [0.25, 0.3) is 11.4 Å². The van der Waals surface area contributed by atoms with E-state index in [0.29, 0.717) is 5.56 Å². The first-order chi connectivity index (χ1) is 17.2. The van der Waals surface area contributed by atoms with Crippen LogP contribution >= 0.6 is 0 Å². The van der Waals surface area contributed by atoms with Gasteiger partial charge >= 0.3 is 5.69 Å². The molecular weight excluding hydrogens is 478 g/mol. The highest BCUT2D eigenvalue weighted by Crippen LogP contribution is 2.38. The Hall–Kier alpha value is -5.40. The average Bonchev–Trinajstić information content (AvgIpc) is 2.85. The van der Waals surface area contributed by atoms with Crippen LogP contribution in [0.25, 0.3) is 0 Å². The Morgan fingerprint density at radius 2 is 1.58 bits per heavy atom. The summed E-state index contributed by atoms with van der Waals surface area (Å²) in [6.07, 6.45) is 1.04. The van der Waals surface area contributed by atoms with E-state index in [9.17, 15) is 35.1 Å². The van der Waals surface area contributed by atoms with Crippen molar-refractivity contribution in [3.63, 3.8) is 0 Å². The monoisotopic (exact) mass is 495 g/mol. The normalized spacial score (nSPS) is 10.6. The van der Waals surface area contributed by atoms with Crippen LogP contribution < -0.4 is 14.9 Å². The van der Waals surface area contributed by atoms with Crippen molar-refractivity contribution < 1.29 is 29.0 Å². The number of carbonyl (C=O) groups is 1. The number of rotatable bonds is 10.